The highest BCUT2D eigenvalue weighted by molar-refractivity contribution is 6.07. The van der Waals surface area contributed by atoms with E-state index in [4.69, 9.17) is 4.42 Å². The highest BCUT2D eigenvalue weighted by atomic mass is 19.4. The van der Waals surface area contributed by atoms with Crippen LogP contribution in [0.15, 0.2) is 52.1 Å². The SMILES string of the molecule is C[C@@H]1CN(c2cc(F)c(C3=CCCN(c4ncco4)C3)cc2NC(=O)c2c[nH]c(=O)cc2C(F)(F)F)C[C@H](C)N1C. The van der Waals surface area contributed by atoms with Gasteiger partial charge in [0.25, 0.3) is 11.9 Å². The quantitative estimate of drug-likeness (QED) is 0.430. The summed E-state index contributed by atoms with van der Waals surface area (Å²) >= 11 is 0. The van der Waals surface area contributed by atoms with Gasteiger partial charge in [0.2, 0.25) is 5.56 Å². The van der Waals surface area contributed by atoms with Crippen molar-refractivity contribution >= 4 is 28.9 Å². The molecule has 2 atom stereocenters. The molecule has 0 aliphatic carbocycles. The number of pyridine rings is 1. The first kappa shape index (κ1) is 28.4. The second kappa shape index (κ2) is 11.0. The Labute approximate surface area is 233 Å². The maximum atomic E-state index is 15.8. The van der Waals surface area contributed by atoms with Crippen LogP contribution in [-0.2, 0) is 6.18 Å². The number of carbonyl (C=O) groups is 1. The van der Waals surface area contributed by atoms with Crippen molar-refractivity contribution in [1.82, 2.24) is 14.9 Å². The molecule has 2 aromatic heterocycles. The minimum Gasteiger partial charge on any atom is -0.432 e. The number of oxazole rings is 1. The Morgan fingerprint density at radius 3 is 2.54 bits per heavy atom. The van der Waals surface area contributed by atoms with E-state index in [-0.39, 0.29) is 29.9 Å². The van der Waals surface area contributed by atoms with Gasteiger partial charge in [-0.25, -0.2) is 9.37 Å². The summed E-state index contributed by atoms with van der Waals surface area (Å²) in [6.45, 7) is 5.95. The summed E-state index contributed by atoms with van der Waals surface area (Å²) in [7, 11) is 1.99. The molecule has 9 nitrogen and oxygen atoms in total. The van der Waals surface area contributed by atoms with Crippen molar-refractivity contribution in [2.45, 2.75) is 38.5 Å². The van der Waals surface area contributed by atoms with Gasteiger partial charge in [-0.2, -0.15) is 13.2 Å². The van der Waals surface area contributed by atoms with Gasteiger partial charge in [0, 0.05) is 56.1 Å². The number of H-pyrrole nitrogens is 1. The Balaban J connectivity index is 1.55. The number of hydrogen-bond donors (Lipinski definition) is 2. The van der Waals surface area contributed by atoms with Gasteiger partial charge in [-0.1, -0.05) is 6.08 Å². The third kappa shape index (κ3) is 5.85. The second-order valence-electron chi connectivity index (χ2n) is 10.4. The molecule has 1 aromatic carbocycles. The van der Waals surface area contributed by atoms with Crippen molar-refractivity contribution in [3.05, 3.63) is 75.8 Å². The Bertz CT molecular complexity index is 1510. The van der Waals surface area contributed by atoms with E-state index in [1.54, 1.807) is 0 Å². The fourth-order valence-corrected chi connectivity index (χ4v) is 5.33. The van der Waals surface area contributed by atoms with Crippen LogP contribution in [0.1, 0.15) is 41.8 Å². The molecule has 5 rings (SSSR count). The molecule has 218 valence electrons. The fraction of sp³-hybridized carbons (Fsp3) is 0.393. The van der Waals surface area contributed by atoms with Crippen LogP contribution in [0, 0.1) is 5.82 Å². The third-order valence-corrected chi connectivity index (χ3v) is 7.70. The Morgan fingerprint density at radius 2 is 1.88 bits per heavy atom. The van der Waals surface area contributed by atoms with Crippen LogP contribution in [-0.4, -0.2) is 66.1 Å². The normalized spacial score (nSPS) is 20.2. The topological polar surface area (TPSA) is 97.7 Å². The Morgan fingerprint density at radius 1 is 1.15 bits per heavy atom. The Hall–Kier alpha value is -4.13. The summed E-state index contributed by atoms with van der Waals surface area (Å²) in [5, 5.41) is 2.59. The van der Waals surface area contributed by atoms with E-state index < -0.39 is 34.6 Å². The molecule has 0 saturated carbocycles. The zero-order valence-corrected chi connectivity index (χ0v) is 22.8. The molecule has 13 heteroatoms. The molecule has 3 aromatic rings. The van der Waals surface area contributed by atoms with E-state index in [0.29, 0.717) is 49.4 Å². The largest absolute Gasteiger partial charge is 0.432 e. The summed E-state index contributed by atoms with van der Waals surface area (Å²) < 4.78 is 62.3. The summed E-state index contributed by atoms with van der Waals surface area (Å²) in [5.41, 5.74) is -1.77. The Kier molecular flexibility index (Phi) is 7.64. The number of piperazine rings is 1. The number of nitrogens with one attached hydrogen (secondary N) is 2. The molecular weight excluding hydrogens is 544 g/mol. The lowest BCUT2D eigenvalue weighted by Gasteiger charge is -2.44. The number of nitrogens with zero attached hydrogens (tertiary/aromatic N) is 4. The third-order valence-electron chi connectivity index (χ3n) is 7.70. The van der Waals surface area contributed by atoms with Crippen molar-refractivity contribution in [3.63, 3.8) is 0 Å². The molecule has 0 spiro atoms. The van der Waals surface area contributed by atoms with Gasteiger partial charge in [0.05, 0.1) is 28.7 Å². The van der Waals surface area contributed by atoms with Gasteiger partial charge < -0.3 is 24.5 Å². The highest BCUT2D eigenvalue weighted by Crippen LogP contribution is 2.37. The second-order valence-corrected chi connectivity index (χ2v) is 10.4. The smallest absolute Gasteiger partial charge is 0.417 e. The maximum absolute atomic E-state index is 15.8. The monoisotopic (exact) mass is 574 g/mol. The molecule has 4 heterocycles. The maximum Gasteiger partial charge on any atom is 0.417 e. The molecule has 2 aliphatic rings. The molecular formula is C28H30F4N6O3. The minimum atomic E-state index is -4.93. The number of aromatic nitrogens is 2. The van der Waals surface area contributed by atoms with Crippen molar-refractivity contribution in [2.24, 2.45) is 0 Å². The van der Waals surface area contributed by atoms with Crippen molar-refractivity contribution in [3.8, 4) is 0 Å². The predicted octanol–water partition coefficient (Wildman–Crippen LogP) is 4.60. The number of rotatable bonds is 5. The van der Waals surface area contributed by atoms with Gasteiger partial charge >= 0.3 is 6.18 Å². The lowest BCUT2D eigenvalue weighted by molar-refractivity contribution is -0.138. The fourth-order valence-electron chi connectivity index (χ4n) is 5.33. The lowest BCUT2D eigenvalue weighted by Crippen LogP contribution is -2.55. The molecule has 0 bridgehead atoms. The van der Waals surface area contributed by atoms with Crippen LogP contribution in [0.5, 0.6) is 0 Å². The van der Waals surface area contributed by atoms with E-state index in [1.807, 2.05) is 36.8 Å². The molecule has 2 aliphatic heterocycles. The molecule has 2 N–H and O–H groups in total. The van der Waals surface area contributed by atoms with Crippen molar-refractivity contribution < 1.29 is 26.8 Å². The molecule has 1 amide bonds. The number of hydrogen-bond acceptors (Lipinski definition) is 7. The standard InChI is InChI=1S/C28H30F4N6O3/c1-16-13-38(14-17(2)36(16)3)24-11-22(29)19(18-5-4-7-37(15-18)27-33-6-8-41-27)9-23(24)35-26(40)20-12-34-25(39)10-21(20)28(30,31)32/h5-6,8-12,16-17H,4,7,13-15H2,1-3H3,(H,34,39)(H,35,40)/t16-,17+. The molecule has 0 unspecified atom stereocenters. The van der Waals surface area contributed by atoms with Crippen LogP contribution in [0.2, 0.25) is 0 Å². The first-order chi connectivity index (χ1) is 19.4. The molecule has 1 saturated heterocycles. The average molecular weight is 575 g/mol. The van der Waals surface area contributed by atoms with E-state index >= 15 is 4.39 Å². The van der Waals surface area contributed by atoms with Crippen LogP contribution < -0.4 is 20.7 Å². The number of carbonyl (C=O) groups excluding carboxylic acids is 1. The van der Waals surface area contributed by atoms with E-state index in [1.165, 1.54) is 24.6 Å². The van der Waals surface area contributed by atoms with Crippen LogP contribution in [0.25, 0.3) is 5.57 Å². The summed E-state index contributed by atoms with van der Waals surface area (Å²) in [4.78, 5) is 37.2. The first-order valence-corrected chi connectivity index (χ1v) is 13.2. The van der Waals surface area contributed by atoms with Crippen LogP contribution in [0.3, 0.4) is 0 Å². The number of amides is 1. The van der Waals surface area contributed by atoms with Gasteiger partial charge in [0.15, 0.2) is 0 Å². The van der Waals surface area contributed by atoms with Crippen LogP contribution >= 0.6 is 0 Å². The number of likely N-dealkylation sites (N-methyl/N-ethyl adjacent to an activating group) is 1. The number of anilines is 3. The minimum absolute atomic E-state index is 0.0940. The number of halogens is 4. The van der Waals surface area contributed by atoms with Gasteiger partial charge in [0.1, 0.15) is 12.1 Å². The van der Waals surface area contributed by atoms with Gasteiger partial charge in [-0.05, 0) is 45.0 Å². The van der Waals surface area contributed by atoms with Gasteiger partial charge in [-0.15, -0.1) is 0 Å². The first-order valence-electron chi connectivity index (χ1n) is 13.2. The number of benzene rings is 1. The average Bonchev–Trinajstić information content (AvgIpc) is 3.47. The zero-order valence-electron chi connectivity index (χ0n) is 22.8. The van der Waals surface area contributed by atoms with Gasteiger partial charge in [-0.3, -0.25) is 14.5 Å². The van der Waals surface area contributed by atoms with Crippen LogP contribution in [0.4, 0.5) is 35.0 Å². The summed E-state index contributed by atoms with van der Waals surface area (Å²) in [6, 6.07) is 3.70. The zero-order chi connectivity index (χ0) is 29.5. The number of aromatic amines is 1. The van der Waals surface area contributed by atoms with Crippen molar-refractivity contribution in [1.29, 1.82) is 0 Å². The number of alkyl halides is 3. The molecule has 41 heavy (non-hydrogen) atoms. The predicted molar refractivity (Wildman–Crippen MR) is 147 cm³/mol. The molecule has 0 radical (unpaired) electrons. The summed E-state index contributed by atoms with van der Waals surface area (Å²) in [5.74, 6) is -1.61. The van der Waals surface area contributed by atoms with E-state index in [2.05, 4.69) is 20.2 Å². The molecule has 1 fully saturated rings. The summed E-state index contributed by atoms with van der Waals surface area (Å²) in [6.07, 6.45) is 1.23. The van der Waals surface area contributed by atoms with E-state index in [9.17, 15) is 22.8 Å². The lowest BCUT2D eigenvalue weighted by atomic mass is 9.98. The highest BCUT2D eigenvalue weighted by Gasteiger charge is 2.36. The van der Waals surface area contributed by atoms with E-state index in [0.717, 1.165) is 6.20 Å². The van der Waals surface area contributed by atoms with Crippen molar-refractivity contribution in [2.75, 3.05) is 48.3 Å².